The summed E-state index contributed by atoms with van der Waals surface area (Å²) in [6, 6.07) is 6.52. The second kappa shape index (κ2) is 7.83. The first kappa shape index (κ1) is 14.7. The molecule has 0 aliphatic carbocycles. The third-order valence-electron chi connectivity index (χ3n) is 2.75. The zero-order valence-corrected chi connectivity index (χ0v) is 12.0. The van der Waals surface area contributed by atoms with Gasteiger partial charge in [0.25, 0.3) is 0 Å². The van der Waals surface area contributed by atoms with E-state index in [1.165, 1.54) is 25.0 Å². The molecule has 0 saturated heterocycles. The van der Waals surface area contributed by atoms with Crippen LogP contribution in [0.25, 0.3) is 0 Å². The van der Waals surface area contributed by atoms with E-state index in [2.05, 4.69) is 29.8 Å². The maximum Gasteiger partial charge on any atom is 0.123 e. The first-order valence-electron chi connectivity index (χ1n) is 6.10. The van der Waals surface area contributed by atoms with E-state index in [0.29, 0.717) is 5.92 Å². The monoisotopic (exact) mass is 302 g/mol. The summed E-state index contributed by atoms with van der Waals surface area (Å²) in [4.78, 5) is 0. The topological polar surface area (TPSA) is 9.23 Å². The molecule has 0 radical (unpaired) electrons. The SMILES string of the molecule is CCCC(C)COC(CBr)c1ccc(F)cc1. The van der Waals surface area contributed by atoms with Gasteiger partial charge in [0.05, 0.1) is 6.10 Å². The summed E-state index contributed by atoms with van der Waals surface area (Å²) in [5, 5.41) is 0.734. The summed E-state index contributed by atoms with van der Waals surface area (Å²) in [5.41, 5.74) is 1.02. The van der Waals surface area contributed by atoms with Crippen LogP contribution < -0.4 is 0 Å². The minimum atomic E-state index is -0.207. The van der Waals surface area contributed by atoms with Crippen molar-refractivity contribution in [2.24, 2.45) is 5.92 Å². The molecule has 17 heavy (non-hydrogen) atoms. The molecule has 1 aromatic carbocycles. The summed E-state index contributed by atoms with van der Waals surface area (Å²) in [7, 11) is 0. The highest BCUT2D eigenvalue weighted by Gasteiger charge is 2.12. The number of hydrogen-bond acceptors (Lipinski definition) is 1. The highest BCUT2D eigenvalue weighted by atomic mass is 79.9. The molecule has 2 atom stereocenters. The minimum absolute atomic E-state index is 0.00917. The molecule has 0 aliphatic rings. The third-order valence-corrected chi connectivity index (χ3v) is 3.33. The van der Waals surface area contributed by atoms with Crippen LogP contribution in [-0.4, -0.2) is 11.9 Å². The summed E-state index contributed by atoms with van der Waals surface area (Å²) in [5.74, 6) is 0.364. The molecule has 1 aromatic rings. The second-order valence-corrected chi connectivity index (χ2v) is 5.07. The van der Waals surface area contributed by atoms with Crippen molar-refractivity contribution in [1.82, 2.24) is 0 Å². The Bertz CT molecular complexity index is 313. The minimum Gasteiger partial charge on any atom is -0.372 e. The number of alkyl halides is 1. The van der Waals surface area contributed by atoms with Gasteiger partial charge in [-0.3, -0.25) is 0 Å². The van der Waals surface area contributed by atoms with Crippen molar-refractivity contribution in [1.29, 1.82) is 0 Å². The van der Waals surface area contributed by atoms with Gasteiger partial charge >= 0.3 is 0 Å². The maximum absolute atomic E-state index is 12.8. The van der Waals surface area contributed by atoms with Gasteiger partial charge in [-0.2, -0.15) is 0 Å². The highest BCUT2D eigenvalue weighted by Crippen LogP contribution is 2.21. The van der Waals surface area contributed by atoms with Crippen molar-refractivity contribution in [3.05, 3.63) is 35.6 Å². The molecule has 0 heterocycles. The Hall–Kier alpha value is -0.410. The fourth-order valence-corrected chi connectivity index (χ4v) is 2.32. The summed E-state index contributed by atoms with van der Waals surface area (Å²) in [6.07, 6.45) is 2.37. The average molecular weight is 303 g/mol. The molecule has 1 nitrogen and oxygen atoms in total. The number of ether oxygens (including phenoxy) is 1. The standard InChI is InChI=1S/C14H20BrFO/c1-3-4-11(2)10-17-14(9-15)12-5-7-13(16)8-6-12/h5-8,11,14H,3-4,9-10H2,1-2H3. The van der Waals surface area contributed by atoms with Crippen LogP contribution in [0.1, 0.15) is 38.4 Å². The Labute approximate surface area is 111 Å². The molecular formula is C14H20BrFO. The van der Waals surface area contributed by atoms with E-state index in [1.54, 1.807) is 12.1 Å². The lowest BCUT2D eigenvalue weighted by atomic mass is 10.1. The zero-order chi connectivity index (χ0) is 12.7. The first-order chi connectivity index (χ1) is 8.17. The molecular weight excluding hydrogens is 283 g/mol. The Morgan fingerprint density at radius 2 is 1.94 bits per heavy atom. The Kier molecular flexibility index (Phi) is 6.75. The highest BCUT2D eigenvalue weighted by molar-refractivity contribution is 9.09. The van der Waals surface area contributed by atoms with Crippen LogP contribution in [0, 0.1) is 11.7 Å². The Morgan fingerprint density at radius 1 is 1.29 bits per heavy atom. The molecule has 96 valence electrons. The summed E-state index contributed by atoms with van der Waals surface area (Å²) >= 11 is 3.44. The van der Waals surface area contributed by atoms with Gasteiger partial charge in [-0.1, -0.05) is 48.3 Å². The van der Waals surface area contributed by atoms with Gasteiger partial charge in [0.15, 0.2) is 0 Å². The maximum atomic E-state index is 12.8. The number of halogens is 2. The van der Waals surface area contributed by atoms with Gasteiger partial charge in [-0.25, -0.2) is 4.39 Å². The Balaban J connectivity index is 2.51. The van der Waals surface area contributed by atoms with E-state index in [1.807, 2.05) is 0 Å². The smallest absolute Gasteiger partial charge is 0.123 e. The van der Waals surface area contributed by atoms with Gasteiger partial charge in [-0.05, 0) is 30.0 Å². The Morgan fingerprint density at radius 3 is 2.47 bits per heavy atom. The quantitative estimate of drug-likeness (QED) is 0.663. The van der Waals surface area contributed by atoms with Crippen molar-refractivity contribution in [3.63, 3.8) is 0 Å². The fraction of sp³-hybridized carbons (Fsp3) is 0.571. The summed E-state index contributed by atoms with van der Waals surface area (Å²) < 4.78 is 18.7. The zero-order valence-electron chi connectivity index (χ0n) is 10.5. The molecule has 0 aromatic heterocycles. The van der Waals surface area contributed by atoms with E-state index >= 15 is 0 Å². The number of hydrogen-bond donors (Lipinski definition) is 0. The summed E-state index contributed by atoms with van der Waals surface area (Å²) in [6.45, 7) is 5.12. The van der Waals surface area contributed by atoms with Crippen molar-refractivity contribution >= 4 is 15.9 Å². The van der Waals surface area contributed by atoms with Gasteiger partial charge in [0.1, 0.15) is 5.82 Å². The number of benzene rings is 1. The molecule has 3 heteroatoms. The predicted octanol–water partition coefficient (Wildman–Crippen LogP) is 4.71. The lowest BCUT2D eigenvalue weighted by Crippen LogP contribution is -2.12. The molecule has 0 N–H and O–H groups in total. The molecule has 0 bridgehead atoms. The van der Waals surface area contributed by atoms with Gasteiger partial charge in [0, 0.05) is 11.9 Å². The van der Waals surface area contributed by atoms with Gasteiger partial charge in [-0.15, -0.1) is 0 Å². The van der Waals surface area contributed by atoms with Crippen LogP contribution >= 0.6 is 15.9 Å². The second-order valence-electron chi connectivity index (χ2n) is 4.42. The molecule has 0 fully saturated rings. The van der Waals surface area contributed by atoms with Gasteiger partial charge < -0.3 is 4.74 Å². The van der Waals surface area contributed by atoms with Crippen molar-refractivity contribution in [2.45, 2.75) is 32.8 Å². The number of rotatable bonds is 7. The van der Waals surface area contributed by atoms with E-state index < -0.39 is 0 Å². The molecule has 2 unspecified atom stereocenters. The largest absolute Gasteiger partial charge is 0.372 e. The predicted molar refractivity (Wildman–Crippen MR) is 73.0 cm³/mol. The average Bonchev–Trinajstić information content (AvgIpc) is 2.32. The third kappa shape index (κ3) is 5.17. The molecule has 1 rings (SSSR count). The van der Waals surface area contributed by atoms with E-state index in [4.69, 9.17) is 4.74 Å². The molecule has 0 spiro atoms. The van der Waals surface area contributed by atoms with E-state index in [0.717, 1.165) is 17.5 Å². The van der Waals surface area contributed by atoms with Crippen LogP contribution in [0.15, 0.2) is 24.3 Å². The molecule has 0 aliphatic heterocycles. The molecule has 0 saturated carbocycles. The van der Waals surface area contributed by atoms with Crippen molar-refractivity contribution < 1.29 is 9.13 Å². The van der Waals surface area contributed by atoms with Crippen LogP contribution in [0.5, 0.6) is 0 Å². The molecule has 0 amide bonds. The normalized spacial score (nSPS) is 14.6. The van der Waals surface area contributed by atoms with Crippen LogP contribution in [0.3, 0.4) is 0 Å². The van der Waals surface area contributed by atoms with Crippen molar-refractivity contribution in [2.75, 3.05) is 11.9 Å². The lowest BCUT2D eigenvalue weighted by molar-refractivity contribution is 0.0448. The van der Waals surface area contributed by atoms with Crippen LogP contribution in [0.4, 0.5) is 4.39 Å². The van der Waals surface area contributed by atoms with E-state index in [9.17, 15) is 4.39 Å². The van der Waals surface area contributed by atoms with Crippen LogP contribution in [-0.2, 0) is 4.74 Å². The van der Waals surface area contributed by atoms with Crippen molar-refractivity contribution in [3.8, 4) is 0 Å². The van der Waals surface area contributed by atoms with Gasteiger partial charge in [0.2, 0.25) is 0 Å². The lowest BCUT2D eigenvalue weighted by Gasteiger charge is -2.18. The fourth-order valence-electron chi connectivity index (χ4n) is 1.76. The first-order valence-corrected chi connectivity index (χ1v) is 7.22. The van der Waals surface area contributed by atoms with E-state index in [-0.39, 0.29) is 11.9 Å². The van der Waals surface area contributed by atoms with Crippen LogP contribution in [0.2, 0.25) is 0 Å².